The highest BCUT2D eigenvalue weighted by molar-refractivity contribution is 7.74. The lowest BCUT2D eigenvalue weighted by molar-refractivity contribution is 0.0689. The Labute approximate surface area is 199 Å². The number of benzene rings is 3. The fourth-order valence-corrected chi connectivity index (χ4v) is 7.12. The van der Waals surface area contributed by atoms with E-state index in [1.807, 2.05) is 0 Å². The Balaban J connectivity index is 2.33. The second kappa shape index (κ2) is 8.11. The van der Waals surface area contributed by atoms with Crippen LogP contribution in [0.1, 0.15) is 47.8 Å². The highest BCUT2D eigenvalue weighted by atomic mass is 31.2. The smallest absolute Gasteiger partial charge is 0.339 e. The minimum Gasteiger partial charge on any atom is -0.508 e. The number of rotatable bonds is 3. The number of aromatic hydroxyl groups is 1. The molecule has 2 N–H and O–H groups in total. The van der Waals surface area contributed by atoms with Gasteiger partial charge >= 0.3 is 5.97 Å². The first-order valence-electron chi connectivity index (χ1n) is 10.6. The van der Waals surface area contributed by atoms with Crippen LogP contribution in [0.5, 0.6) is 5.75 Å². The zero-order chi connectivity index (χ0) is 26.0. The lowest BCUT2D eigenvalue weighted by Crippen LogP contribution is -2.42. The van der Waals surface area contributed by atoms with Crippen molar-refractivity contribution in [2.24, 2.45) is 0 Å². The molecule has 1 aliphatic heterocycles. The number of phenols is 1. The van der Waals surface area contributed by atoms with Crippen LogP contribution in [0.2, 0.25) is 0 Å². The summed E-state index contributed by atoms with van der Waals surface area (Å²) in [6.07, 6.45) is 0. The van der Waals surface area contributed by atoms with Gasteiger partial charge in [0.25, 0.3) is 7.37 Å². The largest absolute Gasteiger partial charge is 0.508 e. The van der Waals surface area contributed by atoms with Crippen molar-refractivity contribution >= 4 is 36.1 Å². The van der Waals surface area contributed by atoms with Gasteiger partial charge in [0.15, 0.2) is 11.6 Å². The van der Waals surface area contributed by atoms with Gasteiger partial charge in [0, 0.05) is 22.0 Å². The van der Waals surface area contributed by atoms with Crippen molar-refractivity contribution < 1.29 is 37.3 Å². The standard InChI is InChI=1S/C26H22F3O5P/c1-12-6-8-15-17(10-12)35(33,34-26(3,4)5)18-11-14(30)7-9-16(18)19(15)20-21(25(31)32)24(29)23(28)13(2)22(20)27/h6-11,30H,1H2,2-5H3,(H,31,32). The molecule has 182 valence electrons. The molecular weight excluding hydrogens is 480 g/mol. The van der Waals surface area contributed by atoms with E-state index in [4.69, 9.17) is 4.52 Å². The summed E-state index contributed by atoms with van der Waals surface area (Å²) in [4.78, 5) is 12.0. The molecule has 0 spiro atoms. The van der Waals surface area contributed by atoms with E-state index in [2.05, 4.69) is 6.58 Å². The van der Waals surface area contributed by atoms with Gasteiger partial charge in [-0.3, -0.25) is 4.57 Å². The zero-order valence-electron chi connectivity index (χ0n) is 19.4. The Kier molecular flexibility index (Phi) is 5.74. The maximum absolute atomic E-state index is 15.6. The molecule has 35 heavy (non-hydrogen) atoms. The van der Waals surface area contributed by atoms with Crippen LogP contribution in [-0.2, 0) is 9.09 Å². The van der Waals surface area contributed by atoms with Crippen molar-refractivity contribution in [1.82, 2.24) is 0 Å². The van der Waals surface area contributed by atoms with Crippen molar-refractivity contribution in [1.29, 1.82) is 0 Å². The second-order valence-corrected chi connectivity index (χ2v) is 11.6. The number of carboxylic acid groups (broad SMARTS) is 1. The van der Waals surface area contributed by atoms with E-state index < -0.39 is 53.1 Å². The molecule has 0 amide bonds. The molecule has 1 atom stereocenters. The molecule has 5 nitrogen and oxygen atoms in total. The summed E-state index contributed by atoms with van der Waals surface area (Å²) in [6.45, 7) is 9.90. The number of halogens is 3. The quantitative estimate of drug-likeness (QED) is 0.420. The van der Waals surface area contributed by atoms with E-state index in [0.29, 0.717) is 5.22 Å². The molecule has 0 saturated carbocycles. The van der Waals surface area contributed by atoms with Crippen LogP contribution in [0.15, 0.2) is 36.4 Å². The minimum absolute atomic E-state index is 0.0290. The number of phenolic OH excluding ortho intramolecular Hbond substituents is 1. The summed E-state index contributed by atoms with van der Waals surface area (Å²) >= 11 is 0. The summed E-state index contributed by atoms with van der Waals surface area (Å²) in [5.41, 5.74) is -3.58. The van der Waals surface area contributed by atoms with Gasteiger partial charge in [-0.1, -0.05) is 18.7 Å². The molecule has 0 bridgehead atoms. The van der Waals surface area contributed by atoms with Gasteiger partial charge in [0.1, 0.15) is 17.1 Å². The summed E-state index contributed by atoms with van der Waals surface area (Å²) in [5, 5.41) is 20.6. The Morgan fingerprint density at radius 2 is 1.66 bits per heavy atom. The van der Waals surface area contributed by atoms with Crippen LogP contribution in [0.3, 0.4) is 0 Å². The molecule has 0 aliphatic carbocycles. The van der Waals surface area contributed by atoms with E-state index in [1.165, 1.54) is 36.4 Å². The summed E-state index contributed by atoms with van der Waals surface area (Å²) in [6, 6.07) is 8.21. The number of carboxylic acids is 1. The molecule has 1 aliphatic rings. The summed E-state index contributed by atoms with van der Waals surface area (Å²) < 4.78 is 65.5. The van der Waals surface area contributed by atoms with Crippen LogP contribution in [-0.4, -0.2) is 21.8 Å². The number of hydrogen-bond donors (Lipinski definition) is 2. The van der Waals surface area contributed by atoms with Gasteiger partial charge in [-0.15, -0.1) is 0 Å². The van der Waals surface area contributed by atoms with Crippen LogP contribution in [0, 0.1) is 24.4 Å². The van der Waals surface area contributed by atoms with Gasteiger partial charge in [0.2, 0.25) is 0 Å². The SMILES string of the molecule is C=c1ccc2c(c1)P(=O)(OC(C)(C)C)c1cc(O)ccc1C=2c1c(F)c(C)c(F)c(F)c1C(=O)O. The fraction of sp³-hybridized carbons (Fsp3) is 0.192. The average Bonchev–Trinajstić information content (AvgIpc) is 2.75. The third-order valence-corrected chi connectivity index (χ3v) is 8.44. The molecule has 0 radical (unpaired) electrons. The molecule has 3 aromatic rings. The van der Waals surface area contributed by atoms with E-state index in [-0.39, 0.29) is 32.7 Å². The first kappa shape index (κ1) is 24.8. The Morgan fingerprint density at radius 3 is 2.26 bits per heavy atom. The lowest BCUT2D eigenvalue weighted by atomic mass is 9.89. The van der Waals surface area contributed by atoms with Crippen LogP contribution in [0.4, 0.5) is 13.2 Å². The highest BCUT2D eigenvalue weighted by Crippen LogP contribution is 2.51. The monoisotopic (exact) mass is 502 g/mol. The molecule has 0 saturated heterocycles. The van der Waals surface area contributed by atoms with Gasteiger partial charge in [-0.25, -0.2) is 18.0 Å². The Bertz CT molecular complexity index is 1590. The van der Waals surface area contributed by atoms with Crippen molar-refractivity contribution in [2.45, 2.75) is 33.3 Å². The van der Waals surface area contributed by atoms with E-state index in [0.717, 1.165) is 6.92 Å². The fourth-order valence-electron chi connectivity index (χ4n) is 4.25. The van der Waals surface area contributed by atoms with Gasteiger partial charge < -0.3 is 14.7 Å². The molecule has 1 heterocycles. The second-order valence-electron chi connectivity index (χ2n) is 9.31. The van der Waals surface area contributed by atoms with Crippen LogP contribution < -0.4 is 21.0 Å². The topological polar surface area (TPSA) is 83.8 Å². The maximum Gasteiger partial charge on any atom is 0.339 e. The van der Waals surface area contributed by atoms with Crippen molar-refractivity contribution in [3.05, 3.63) is 86.5 Å². The van der Waals surface area contributed by atoms with E-state index >= 15 is 4.39 Å². The molecule has 3 aromatic carbocycles. The van der Waals surface area contributed by atoms with Gasteiger partial charge in [-0.2, -0.15) is 0 Å². The average molecular weight is 502 g/mol. The normalized spacial score (nSPS) is 17.2. The van der Waals surface area contributed by atoms with E-state index in [9.17, 15) is 28.4 Å². The molecule has 1 unspecified atom stereocenters. The first-order chi connectivity index (χ1) is 16.2. The predicted molar refractivity (Wildman–Crippen MR) is 127 cm³/mol. The number of carbonyl (C=O) groups is 1. The number of aromatic carboxylic acids is 1. The number of fused-ring (bicyclic) bond motifs is 2. The third kappa shape index (κ3) is 3.87. The Hall–Kier alpha value is -3.35. The molecule has 0 aromatic heterocycles. The van der Waals surface area contributed by atoms with Crippen LogP contribution in [0.25, 0.3) is 12.2 Å². The van der Waals surface area contributed by atoms with Crippen molar-refractivity contribution in [2.75, 3.05) is 0 Å². The molecule has 4 rings (SSSR count). The first-order valence-corrected chi connectivity index (χ1v) is 12.2. The van der Waals surface area contributed by atoms with Gasteiger partial charge in [-0.05, 0) is 68.0 Å². The van der Waals surface area contributed by atoms with Crippen molar-refractivity contribution in [3.63, 3.8) is 0 Å². The molecule has 9 heteroatoms. The third-order valence-electron chi connectivity index (χ3n) is 5.62. The summed E-state index contributed by atoms with van der Waals surface area (Å²) in [5.74, 6) is -6.74. The van der Waals surface area contributed by atoms with Crippen molar-refractivity contribution in [3.8, 4) is 5.75 Å². The maximum atomic E-state index is 15.6. The van der Waals surface area contributed by atoms with Crippen LogP contribution >= 0.6 is 7.37 Å². The number of hydrogen-bond acceptors (Lipinski definition) is 4. The van der Waals surface area contributed by atoms with E-state index in [1.54, 1.807) is 20.8 Å². The Morgan fingerprint density at radius 1 is 1.00 bits per heavy atom. The molecular formula is C26H22F3O5P. The summed E-state index contributed by atoms with van der Waals surface area (Å²) in [7, 11) is -3.97. The predicted octanol–water partition coefficient (Wildman–Crippen LogP) is 3.83. The van der Waals surface area contributed by atoms with Gasteiger partial charge in [0.05, 0.1) is 10.9 Å². The highest BCUT2D eigenvalue weighted by Gasteiger charge is 2.42. The molecule has 0 fully saturated rings. The zero-order valence-corrected chi connectivity index (χ0v) is 20.3. The minimum atomic E-state index is -3.97. The lowest BCUT2D eigenvalue weighted by Gasteiger charge is -2.33.